The largest absolute Gasteiger partial charge is 0.486 e. The second-order valence-electron chi connectivity index (χ2n) is 5.71. The number of halogens is 1. The number of carbonyl (C=O) groups is 1. The molecule has 0 bridgehead atoms. The molecule has 0 N–H and O–H groups in total. The molecule has 0 spiro atoms. The Bertz CT molecular complexity index is 643. The third kappa shape index (κ3) is 4.12. The first-order chi connectivity index (χ1) is 11.2. The van der Waals surface area contributed by atoms with Crippen molar-refractivity contribution >= 4 is 5.91 Å². The summed E-state index contributed by atoms with van der Waals surface area (Å²) in [5.74, 6) is 1.13. The van der Waals surface area contributed by atoms with Crippen molar-refractivity contribution in [2.45, 2.75) is 32.3 Å². The lowest BCUT2D eigenvalue weighted by molar-refractivity contribution is 0.0725. The van der Waals surface area contributed by atoms with E-state index in [-0.39, 0.29) is 18.3 Å². The first-order valence-electron chi connectivity index (χ1n) is 7.99. The highest BCUT2D eigenvalue weighted by Gasteiger charge is 2.20. The third-order valence-electron chi connectivity index (χ3n) is 3.96. The molecule has 0 unspecified atom stereocenters. The lowest BCUT2D eigenvalue weighted by atomic mass is 10.2. The smallest absolute Gasteiger partial charge is 0.289 e. The quantitative estimate of drug-likeness (QED) is 0.855. The van der Waals surface area contributed by atoms with Gasteiger partial charge in [-0.05, 0) is 49.2 Å². The summed E-state index contributed by atoms with van der Waals surface area (Å²) in [6.45, 7) is 1.79. The fraction of sp³-hybridized carbons (Fsp3) is 0.389. The van der Waals surface area contributed by atoms with Gasteiger partial charge in [0.1, 0.15) is 23.9 Å². The number of hydrogen-bond acceptors (Lipinski definition) is 3. The molecular weight excluding hydrogens is 297 g/mol. The summed E-state index contributed by atoms with van der Waals surface area (Å²) in [5.41, 5.74) is 0. The Morgan fingerprint density at radius 1 is 1.04 bits per heavy atom. The van der Waals surface area contributed by atoms with Crippen molar-refractivity contribution in [3.05, 3.63) is 53.7 Å². The van der Waals surface area contributed by atoms with E-state index in [1.54, 1.807) is 24.3 Å². The van der Waals surface area contributed by atoms with E-state index in [0.29, 0.717) is 17.3 Å². The van der Waals surface area contributed by atoms with E-state index in [4.69, 9.17) is 9.15 Å². The molecule has 2 aromatic rings. The summed E-state index contributed by atoms with van der Waals surface area (Å²) in [7, 11) is 0. The number of rotatable bonds is 4. The summed E-state index contributed by atoms with van der Waals surface area (Å²) in [5, 5.41) is 0. The van der Waals surface area contributed by atoms with Gasteiger partial charge in [-0.25, -0.2) is 4.39 Å². The van der Waals surface area contributed by atoms with Gasteiger partial charge in [0.15, 0.2) is 5.76 Å². The number of furan rings is 1. The summed E-state index contributed by atoms with van der Waals surface area (Å²) < 4.78 is 23.9. The van der Waals surface area contributed by atoms with Crippen LogP contribution in [-0.4, -0.2) is 23.9 Å². The number of carbonyl (C=O) groups excluding carboxylic acids is 1. The SMILES string of the molecule is O=C(c1ccc(COc2ccc(F)cc2)o1)N1CCCCCC1. The van der Waals surface area contributed by atoms with Crippen molar-refractivity contribution in [2.24, 2.45) is 0 Å². The monoisotopic (exact) mass is 317 g/mol. The van der Waals surface area contributed by atoms with Crippen LogP contribution in [0.5, 0.6) is 5.75 Å². The van der Waals surface area contributed by atoms with Gasteiger partial charge in [0.2, 0.25) is 0 Å². The van der Waals surface area contributed by atoms with Gasteiger partial charge in [-0.1, -0.05) is 12.8 Å². The summed E-state index contributed by atoms with van der Waals surface area (Å²) in [4.78, 5) is 14.3. The third-order valence-corrected chi connectivity index (χ3v) is 3.96. The zero-order valence-electron chi connectivity index (χ0n) is 13.0. The lowest BCUT2D eigenvalue weighted by Crippen LogP contribution is -2.31. The van der Waals surface area contributed by atoms with Crippen LogP contribution in [0.3, 0.4) is 0 Å². The predicted octanol–water partition coefficient (Wildman–Crippen LogP) is 4.01. The number of ether oxygens (including phenoxy) is 1. The second kappa shape index (κ2) is 7.31. The summed E-state index contributed by atoms with van der Waals surface area (Å²) in [6.07, 6.45) is 4.46. The first kappa shape index (κ1) is 15.6. The molecule has 5 heteroatoms. The van der Waals surface area contributed by atoms with Gasteiger partial charge in [0.25, 0.3) is 5.91 Å². The van der Waals surface area contributed by atoms with Crippen molar-refractivity contribution in [3.63, 3.8) is 0 Å². The van der Waals surface area contributed by atoms with Crippen LogP contribution in [0, 0.1) is 5.82 Å². The Kier molecular flexibility index (Phi) is 4.95. The molecule has 1 aliphatic heterocycles. The summed E-state index contributed by atoms with van der Waals surface area (Å²) >= 11 is 0. The van der Waals surface area contributed by atoms with E-state index < -0.39 is 0 Å². The van der Waals surface area contributed by atoms with Crippen molar-refractivity contribution in [1.29, 1.82) is 0 Å². The molecule has 1 amide bonds. The van der Waals surface area contributed by atoms with E-state index in [1.165, 1.54) is 25.0 Å². The average molecular weight is 317 g/mol. The van der Waals surface area contributed by atoms with Crippen LogP contribution < -0.4 is 4.74 Å². The Hall–Kier alpha value is -2.30. The van der Waals surface area contributed by atoms with Crippen LogP contribution >= 0.6 is 0 Å². The molecule has 1 saturated heterocycles. The molecule has 1 aliphatic rings. The van der Waals surface area contributed by atoms with Crippen LogP contribution in [0.15, 0.2) is 40.8 Å². The molecule has 4 nitrogen and oxygen atoms in total. The number of hydrogen-bond donors (Lipinski definition) is 0. The molecule has 0 radical (unpaired) electrons. The topological polar surface area (TPSA) is 42.7 Å². The van der Waals surface area contributed by atoms with Gasteiger partial charge >= 0.3 is 0 Å². The van der Waals surface area contributed by atoms with Gasteiger partial charge in [0.05, 0.1) is 0 Å². The van der Waals surface area contributed by atoms with Crippen molar-refractivity contribution in [1.82, 2.24) is 4.90 Å². The predicted molar refractivity (Wildman–Crippen MR) is 83.8 cm³/mol. The van der Waals surface area contributed by atoms with Crippen LogP contribution in [0.2, 0.25) is 0 Å². The Morgan fingerprint density at radius 2 is 1.74 bits per heavy atom. The molecule has 0 saturated carbocycles. The zero-order chi connectivity index (χ0) is 16.1. The molecular formula is C18H20FNO3. The van der Waals surface area contributed by atoms with Crippen LogP contribution in [0.1, 0.15) is 42.0 Å². The molecule has 0 aliphatic carbocycles. The first-order valence-corrected chi connectivity index (χ1v) is 7.99. The number of nitrogens with zero attached hydrogens (tertiary/aromatic N) is 1. The van der Waals surface area contributed by atoms with E-state index in [2.05, 4.69) is 0 Å². The molecule has 1 fully saturated rings. The highest BCUT2D eigenvalue weighted by molar-refractivity contribution is 5.91. The Balaban J connectivity index is 1.58. The molecule has 1 aromatic heterocycles. The molecule has 122 valence electrons. The van der Waals surface area contributed by atoms with Gasteiger partial charge in [-0.3, -0.25) is 4.79 Å². The molecule has 3 rings (SSSR count). The second-order valence-corrected chi connectivity index (χ2v) is 5.71. The standard InChI is InChI=1S/C18H20FNO3/c19-14-5-7-15(8-6-14)22-13-16-9-10-17(23-16)18(21)20-11-3-1-2-4-12-20/h5-10H,1-4,11-13H2. The highest BCUT2D eigenvalue weighted by Crippen LogP contribution is 2.18. The lowest BCUT2D eigenvalue weighted by Gasteiger charge is -2.18. The fourth-order valence-corrected chi connectivity index (χ4v) is 2.69. The van der Waals surface area contributed by atoms with Gasteiger partial charge in [-0.2, -0.15) is 0 Å². The molecule has 2 heterocycles. The number of amides is 1. The Morgan fingerprint density at radius 3 is 2.43 bits per heavy atom. The minimum Gasteiger partial charge on any atom is -0.486 e. The maximum atomic E-state index is 12.8. The van der Waals surface area contributed by atoms with Crippen molar-refractivity contribution < 1.29 is 18.3 Å². The average Bonchev–Trinajstić information content (AvgIpc) is 2.87. The summed E-state index contributed by atoms with van der Waals surface area (Å²) in [6, 6.07) is 9.23. The van der Waals surface area contributed by atoms with Crippen molar-refractivity contribution in [3.8, 4) is 5.75 Å². The van der Waals surface area contributed by atoms with Crippen molar-refractivity contribution in [2.75, 3.05) is 13.1 Å². The maximum Gasteiger partial charge on any atom is 0.289 e. The number of likely N-dealkylation sites (tertiary alicyclic amines) is 1. The Labute approximate surface area is 134 Å². The fourth-order valence-electron chi connectivity index (χ4n) is 2.69. The van der Waals surface area contributed by atoms with E-state index in [9.17, 15) is 9.18 Å². The molecule has 1 aromatic carbocycles. The van der Waals surface area contributed by atoms with Gasteiger partial charge in [-0.15, -0.1) is 0 Å². The zero-order valence-corrected chi connectivity index (χ0v) is 13.0. The van der Waals surface area contributed by atoms with Gasteiger partial charge in [0, 0.05) is 13.1 Å². The molecule has 23 heavy (non-hydrogen) atoms. The number of benzene rings is 1. The van der Waals surface area contributed by atoms with E-state index >= 15 is 0 Å². The van der Waals surface area contributed by atoms with E-state index in [1.807, 2.05) is 4.90 Å². The van der Waals surface area contributed by atoms with Gasteiger partial charge < -0.3 is 14.1 Å². The van der Waals surface area contributed by atoms with Crippen LogP contribution in [-0.2, 0) is 6.61 Å². The van der Waals surface area contributed by atoms with E-state index in [0.717, 1.165) is 25.9 Å². The normalized spacial score (nSPS) is 15.3. The van der Waals surface area contributed by atoms with Crippen LogP contribution in [0.4, 0.5) is 4.39 Å². The minimum absolute atomic E-state index is 0.0556. The minimum atomic E-state index is -0.305. The highest BCUT2D eigenvalue weighted by atomic mass is 19.1. The van der Waals surface area contributed by atoms with Crippen LogP contribution in [0.25, 0.3) is 0 Å². The maximum absolute atomic E-state index is 12.8. The molecule has 0 atom stereocenters.